The van der Waals surface area contributed by atoms with Crippen molar-refractivity contribution in [2.45, 2.75) is 40.5 Å². The van der Waals surface area contributed by atoms with Crippen molar-refractivity contribution in [3.8, 4) is 6.07 Å². The van der Waals surface area contributed by atoms with E-state index in [0.29, 0.717) is 28.9 Å². The first-order valence-electron chi connectivity index (χ1n) is 9.95. The van der Waals surface area contributed by atoms with Gasteiger partial charge in [-0.25, -0.2) is 9.59 Å². The SMILES string of the molecule is CCc1[nH]c(C(=O)OCC(=O)N(CCC#N)c2cc(C)cc(C)c2)c(C)c1C(=O)OC. The van der Waals surface area contributed by atoms with Crippen LogP contribution in [-0.2, 0) is 20.7 Å². The molecule has 1 N–H and O–H groups in total. The van der Waals surface area contributed by atoms with Gasteiger partial charge >= 0.3 is 11.9 Å². The van der Waals surface area contributed by atoms with Crippen LogP contribution in [0.3, 0.4) is 0 Å². The number of benzene rings is 1. The van der Waals surface area contributed by atoms with Gasteiger partial charge in [0.2, 0.25) is 0 Å². The maximum absolute atomic E-state index is 12.8. The maximum atomic E-state index is 12.8. The minimum atomic E-state index is -0.739. The summed E-state index contributed by atoms with van der Waals surface area (Å²) in [5.41, 5.74) is 3.99. The van der Waals surface area contributed by atoms with Crippen LogP contribution in [0.2, 0.25) is 0 Å². The summed E-state index contributed by atoms with van der Waals surface area (Å²) in [7, 11) is 1.27. The number of nitrogens with one attached hydrogen (secondary N) is 1. The lowest BCUT2D eigenvalue weighted by Gasteiger charge is -2.22. The fourth-order valence-corrected chi connectivity index (χ4v) is 3.45. The van der Waals surface area contributed by atoms with Crippen LogP contribution >= 0.6 is 0 Å². The van der Waals surface area contributed by atoms with Crippen molar-refractivity contribution >= 4 is 23.5 Å². The van der Waals surface area contributed by atoms with Crippen molar-refractivity contribution in [3.05, 3.63) is 51.8 Å². The highest BCUT2D eigenvalue weighted by molar-refractivity contribution is 6.00. The summed E-state index contributed by atoms with van der Waals surface area (Å²) in [6.07, 6.45) is 0.636. The number of nitriles is 1. The van der Waals surface area contributed by atoms with Crippen LogP contribution in [0.15, 0.2) is 18.2 Å². The Bertz CT molecular complexity index is 1010. The monoisotopic (exact) mass is 425 g/mol. The molecule has 2 rings (SSSR count). The standard InChI is InChI=1S/C23H27N3O5/c1-6-18-20(22(28)30-5)16(4)21(25-18)23(29)31-13-19(27)26(9-7-8-24)17-11-14(2)10-15(3)12-17/h10-12,25H,6-7,9,13H2,1-5H3. The number of carbonyl (C=O) groups is 3. The van der Waals surface area contributed by atoms with Gasteiger partial charge in [-0.15, -0.1) is 0 Å². The largest absolute Gasteiger partial charge is 0.465 e. The number of H-pyrrole nitrogens is 1. The molecule has 164 valence electrons. The van der Waals surface area contributed by atoms with Gasteiger partial charge in [-0.3, -0.25) is 4.79 Å². The number of aromatic nitrogens is 1. The van der Waals surface area contributed by atoms with E-state index in [-0.39, 0.29) is 18.7 Å². The number of anilines is 1. The van der Waals surface area contributed by atoms with Crippen LogP contribution in [0.1, 0.15) is 56.6 Å². The van der Waals surface area contributed by atoms with Crippen molar-refractivity contribution in [2.75, 3.05) is 25.2 Å². The van der Waals surface area contributed by atoms with E-state index in [9.17, 15) is 14.4 Å². The summed E-state index contributed by atoms with van der Waals surface area (Å²) in [5.74, 6) is -1.73. The molecule has 1 heterocycles. The third-order valence-electron chi connectivity index (χ3n) is 4.87. The molecular formula is C23H27N3O5. The highest BCUT2D eigenvalue weighted by atomic mass is 16.5. The Hall–Kier alpha value is -3.60. The highest BCUT2D eigenvalue weighted by Gasteiger charge is 2.26. The van der Waals surface area contributed by atoms with Crippen LogP contribution in [0.4, 0.5) is 5.69 Å². The average molecular weight is 425 g/mol. The molecule has 2 aromatic rings. The Morgan fingerprint density at radius 3 is 2.29 bits per heavy atom. The second kappa shape index (κ2) is 10.4. The van der Waals surface area contributed by atoms with Crippen LogP contribution in [0.5, 0.6) is 0 Å². The molecule has 0 saturated carbocycles. The zero-order valence-corrected chi connectivity index (χ0v) is 18.5. The minimum Gasteiger partial charge on any atom is -0.465 e. The third kappa shape index (κ3) is 5.51. The van der Waals surface area contributed by atoms with Crippen molar-refractivity contribution < 1.29 is 23.9 Å². The molecule has 0 bridgehead atoms. The van der Waals surface area contributed by atoms with Gasteiger partial charge in [0, 0.05) is 17.9 Å². The second-order valence-corrected chi connectivity index (χ2v) is 7.20. The van der Waals surface area contributed by atoms with Crippen molar-refractivity contribution in [2.24, 2.45) is 0 Å². The number of methoxy groups -OCH3 is 1. The zero-order chi connectivity index (χ0) is 23.1. The number of aromatic amines is 1. The number of hydrogen-bond donors (Lipinski definition) is 1. The molecule has 0 fully saturated rings. The second-order valence-electron chi connectivity index (χ2n) is 7.20. The first-order valence-corrected chi connectivity index (χ1v) is 9.95. The number of esters is 2. The molecule has 0 aliphatic heterocycles. The van der Waals surface area contributed by atoms with E-state index in [0.717, 1.165) is 11.1 Å². The number of nitrogens with zero attached hydrogens (tertiary/aromatic N) is 2. The van der Waals surface area contributed by atoms with Crippen molar-refractivity contribution in [1.82, 2.24) is 4.98 Å². The van der Waals surface area contributed by atoms with Crippen LogP contribution in [0, 0.1) is 32.1 Å². The van der Waals surface area contributed by atoms with Gasteiger partial charge in [0.25, 0.3) is 5.91 Å². The molecule has 0 aliphatic carbocycles. The molecule has 0 radical (unpaired) electrons. The van der Waals surface area contributed by atoms with Crippen molar-refractivity contribution in [1.29, 1.82) is 5.26 Å². The molecule has 1 amide bonds. The molecule has 0 unspecified atom stereocenters. The van der Waals surface area contributed by atoms with Crippen LogP contribution in [0.25, 0.3) is 0 Å². The molecule has 0 aliphatic rings. The summed E-state index contributed by atoms with van der Waals surface area (Å²) in [5, 5.41) is 8.95. The Morgan fingerprint density at radius 2 is 1.74 bits per heavy atom. The third-order valence-corrected chi connectivity index (χ3v) is 4.87. The van der Waals surface area contributed by atoms with Crippen LogP contribution < -0.4 is 4.90 Å². The first-order chi connectivity index (χ1) is 14.7. The van der Waals surface area contributed by atoms with Gasteiger partial charge in [-0.05, 0) is 56.0 Å². The maximum Gasteiger partial charge on any atom is 0.355 e. The molecule has 31 heavy (non-hydrogen) atoms. The Kier molecular flexibility index (Phi) is 7.97. The van der Waals surface area contributed by atoms with Gasteiger partial charge < -0.3 is 19.4 Å². The van der Waals surface area contributed by atoms with E-state index in [4.69, 9.17) is 14.7 Å². The molecule has 1 aromatic carbocycles. The van der Waals surface area contributed by atoms with Crippen molar-refractivity contribution in [3.63, 3.8) is 0 Å². The topological polar surface area (TPSA) is 112 Å². The quantitative estimate of drug-likeness (QED) is 0.649. The number of hydrogen-bond acceptors (Lipinski definition) is 6. The Morgan fingerprint density at radius 1 is 1.10 bits per heavy atom. The number of carbonyl (C=O) groups excluding carboxylic acids is 3. The fraction of sp³-hybridized carbons (Fsp3) is 0.391. The molecule has 0 spiro atoms. The lowest BCUT2D eigenvalue weighted by molar-refractivity contribution is -0.121. The molecule has 8 heteroatoms. The highest BCUT2D eigenvalue weighted by Crippen LogP contribution is 2.22. The molecule has 1 aromatic heterocycles. The van der Waals surface area contributed by atoms with E-state index in [1.807, 2.05) is 45.0 Å². The van der Waals surface area contributed by atoms with Crippen LogP contribution in [-0.4, -0.2) is 43.1 Å². The van der Waals surface area contributed by atoms with E-state index in [1.165, 1.54) is 12.0 Å². The smallest absolute Gasteiger partial charge is 0.355 e. The van der Waals surface area contributed by atoms with Gasteiger partial charge in [0.15, 0.2) is 6.61 Å². The van der Waals surface area contributed by atoms with E-state index >= 15 is 0 Å². The summed E-state index contributed by atoms with van der Waals surface area (Å²) >= 11 is 0. The van der Waals surface area contributed by atoms with E-state index in [1.54, 1.807) is 6.92 Å². The minimum absolute atomic E-state index is 0.111. The molecular weight excluding hydrogens is 398 g/mol. The number of aryl methyl sites for hydroxylation is 3. The summed E-state index contributed by atoms with van der Waals surface area (Å²) in [6, 6.07) is 7.70. The lowest BCUT2D eigenvalue weighted by atomic mass is 10.1. The first kappa shape index (κ1) is 23.7. The van der Waals surface area contributed by atoms with E-state index < -0.39 is 24.5 Å². The molecule has 0 saturated heterocycles. The predicted molar refractivity (Wildman–Crippen MR) is 115 cm³/mol. The van der Waals surface area contributed by atoms with Gasteiger partial charge in [-0.2, -0.15) is 5.26 Å². The molecule has 0 atom stereocenters. The summed E-state index contributed by atoms with van der Waals surface area (Å²) in [4.78, 5) is 41.8. The molecule has 8 nitrogen and oxygen atoms in total. The van der Waals surface area contributed by atoms with Gasteiger partial charge in [-0.1, -0.05) is 13.0 Å². The predicted octanol–water partition coefficient (Wildman–Crippen LogP) is 3.39. The number of ether oxygens (including phenoxy) is 2. The number of amides is 1. The lowest BCUT2D eigenvalue weighted by Crippen LogP contribution is -2.35. The fourth-order valence-electron chi connectivity index (χ4n) is 3.45. The Balaban J connectivity index is 2.21. The zero-order valence-electron chi connectivity index (χ0n) is 18.5. The van der Waals surface area contributed by atoms with Gasteiger partial charge in [0.05, 0.1) is 25.2 Å². The normalized spacial score (nSPS) is 10.3. The summed E-state index contributed by atoms with van der Waals surface area (Å²) < 4.78 is 10.0. The van der Waals surface area contributed by atoms with Gasteiger partial charge in [0.1, 0.15) is 5.69 Å². The average Bonchev–Trinajstić information content (AvgIpc) is 3.07. The Labute approximate surface area is 181 Å². The summed E-state index contributed by atoms with van der Waals surface area (Å²) in [6.45, 7) is 6.99. The van der Waals surface area contributed by atoms with E-state index in [2.05, 4.69) is 4.98 Å². The number of rotatable bonds is 8.